The number of nitrogens with zero attached hydrogens (tertiary/aromatic N) is 3. The Hall–Kier alpha value is -3.42. The van der Waals surface area contributed by atoms with E-state index in [1.165, 1.54) is 13.3 Å². The van der Waals surface area contributed by atoms with Crippen molar-refractivity contribution in [3.63, 3.8) is 0 Å². The molecule has 1 aromatic carbocycles. The highest BCUT2D eigenvalue weighted by molar-refractivity contribution is 5.98. The summed E-state index contributed by atoms with van der Waals surface area (Å²) in [7, 11) is 1.54. The van der Waals surface area contributed by atoms with Crippen LogP contribution in [0.4, 0.5) is 5.69 Å². The lowest BCUT2D eigenvalue weighted by Crippen LogP contribution is -2.41. The molecule has 0 unspecified atom stereocenters. The third-order valence-corrected chi connectivity index (χ3v) is 4.95. The Balaban J connectivity index is 2.49. The maximum atomic E-state index is 12.7. The normalized spacial score (nSPS) is 15.7. The average Bonchev–Trinajstić information content (AvgIpc) is 2.76. The van der Waals surface area contributed by atoms with Gasteiger partial charge in [0.2, 0.25) is 5.96 Å². The van der Waals surface area contributed by atoms with E-state index in [1.807, 2.05) is 13.8 Å². The maximum Gasteiger partial charge on any atom is 0.251 e. The number of hydrazone groups is 1. The highest BCUT2D eigenvalue weighted by Gasteiger charge is 2.22. The van der Waals surface area contributed by atoms with Crippen molar-refractivity contribution in [1.82, 2.24) is 15.6 Å². The van der Waals surface area contributed by atoms with Crippen molar-refractivity contribution in [2.75, 3.05) is 7.11 Å². The molecule has 0 saturated heterocycles. The minimum Gasteiger partial charge on any atom is -0.494 e. The standard InChI is InChI=1S/C22H29N5O3/c1-7-18(8-2)24-21(29)17-9-10-20(30-6)19(11-17)25-22-26-23-12-15(4)27(22)16(5)14(3)13-28/h9-13,18H,4,7-8H2,1-3,5-6H3,(H,24,29)(H,25,26)/b16-14+. The minimum atomic E-state index is -0.170. The van der Waals surface area contributed by atoms with E-state index in [4.69, 9.17) is 4.74 Å². The molecule has 1 aliphatic heterocycles. The van der Waals surface area contributed by atoms with Crippen LogP contribution >= 0.6 is 0 Å². The molecular weight excluding hydrogens is 382 g/mol. The van der Waals surface area contributed by atoms with Crippen LogP contribution in [-0.4, -0.2) is 42.4 Å². The van der Waals surface area contributed by atoms with Gasteiger partial charge in [-0.1, -0.05) is 20.4 Å². The number of hydrogen-bond donors (Lipinski definition) is 2. The second-order valence-electron chi connectivity index (χ2n) is 6.89. The lowest BCUT2D eigenvalue weighted by Gasteiger charge is -2.29. The molecule has 2 N–H and O–H groups in total. The summed E-state index contributed by atoms with van der Waals surface area (Å²) in [6, 6.07) is 5.18. The number of aldehydes is 1. The van der Waals surface area contributed by atoms with Gasteiger partial charge in [-0.05, 0) is 44.9 Å². The van der Waals surface area contributed by atoms with E-state index < -0.39 is 0 Å². The third kappa shape index (κ3) is 5.14. The Labute approximate surface area is 177 Å². The van der Waals surface area contributed by atoms with Crippen LogP contribution < -0.4 is 15.5 Å². The van der Waals surface area contributed by atoms with Crippen LogP contribution in [0.5, 0.6) is 5.75 Å². The number of carbonyl (C=O) groups excluding carboxylic acids is 2. The number of carbonyl (C=O) groups is 2. The summed E-state index contributed by atoms with van der Waals surface area (Å²) in [5, 5.41) is 7.07. The van der Waals surface area contributed by atoms with Crippen molar-refractivity contribution in [1.29, 1.82) is 0 Å². The lowest BCUT2D eigenvalue weighted by molar-refractivity contribution is -0.105. The molecule has 1 aliphatic rings. The molecule has 0 saturated carbocycles. The quantitative estimate of drug-likeness (QED) is 0.504. The Bertz CT molecular complexity index is 913. The average molecular weight is 412 g/mol. The Morgan fingerprint density at radius 1 is 1.37 bits per heavy atom. The molecular formula is C22H29N5O3. The van der Waals surface area contributed by atoms with Gasteiger partial charge >= 0.3 is 0 Å². The van der Waals surface area contributed by atoms with Crippen LogP contribution in [-0.2, 0) is 4.79 Å². The predicted molar refractivity (Wildman–Crippen MR) is 119 cm³/mol. The van der Waals surface area contributed by atoms with E-state index in [-0.39, 0.29) is 11.9 Å². The molecule has 8 heteroatoms. The maximum absolute atomic E-state index is 12.7. The number of nitrogens with one attached hydrogen (secondary N) is 2. The number of allylic oxidation sites excluding steroid dienone is 3. The summed E-state index contributed by atoms with van der Waals surface area (Å²) in [4.78, 5) is 30.2. The minimum absolute atomic E-state index is 0.113. The topological polar surface area (TPSA) is 95.4 Å². The van der Waals surface area contributed by atoms with Crippen LogP contribution in [0.2, 0.25) is 0 Å². The third-order valence-electron chi connectivity index (χ3n) is 4.95. The number of benzene rings is 1. The first kappa shape index (κ1) is 22.9. The summed E-state index contributed by atoms with van der Waals surface area (Å²) in [5.74, 6) is 0.672. The van der Waals surface area contributed by atoms with Crippen LogP contribution in [0.15, 0.2) is 51.8 Å². The number of aliphatic imine (C=N–C) groups is 1. The highest BCUT2D eigenvalue weighted by atomic mass is 16.5. The molecule has 0 atom stereocenters. The number of hydrogen-bond acceptors (Lipinski definition) is 5. The summed E-state index contributed by atoms with van der Waals surface area (Å²) >= 11 is 0. The predicted octanol–water partition coefficient (Wildman–Crippen LogP) is 3.50. The van der Waals surface area contributed by atoms with Gasteiger partial charge < -0.3 is 10.1 Å². The zero-order valence-corrected chi connectivity index (χ0v) is 18.2. The molecule has 0 aliphatic carbocycles. The van der Waals surface area contributed by atoms with Gasteiger partial charge in [0.1, 0.15) is 17.7 Å². The van der Waals surface area contributed by atoms with Gasteiger partial charge in [-0.15, -0.1) is 0 Å². The van der Waals surface area contributed by atoms with Crippen molar-refractivity contribution in [2.24, 2.45) is 10.1 Å². The van der Waals surface area contributed by atoms with E-state index in [0.717, 1.165) is 19.1 Å². The SMILES string of the molecule is C=C1C=NNC(=Nc2cc(C(=O)NC(CC)CC)ccc2OC)N1/C(C)=C(\C)C=O. The van der Waals surface area contributed by atoms with Crippen LogP contribution in [0.25, 0.3) is 0 Å². The monoisotopic (exact) mass is 411 g/mol. The molecule has 1 aromatic rings. The fourth-order valence-electron chi connectivity index (χ4n) is 2.91. The number of methoxy groups -OCH3 is 1. The first-order chi connectivity index (χ1) is 14.4. The molecule has 1 heterocycles. The molecule has 160 valence electrons. The number of guanidine groups is 1. The van der Waals surface area contributed by atoms with Crippen molar-refractivity contribution >= 4 is 30.1 Å². The van der Waals surface area contributed by atoms with Gasteiger partial charge in [0.05, 0.1) is 19.0 Å². The molecule has 0 fully saturated rings. The second-order valence-corrected chi connectivity index (χ2v) is 6.89. The summed E-state index contributed by atoms with van der Waals surface area (Å²) in [6.45, 7) is 11.6. The summed E-state index contributed by atoms with van der Waals surface area (Å²) in [6.07, 6.45) is 4.02. The van der Waals surface area contributed by atoms with Crippen LogP contribution in [0.3, 0.4) is 0 Å². The molecule has 30 heavy (non-hydrogen) atoms. The fraction of sp³-hybridized carbons (Fsp3) is 0.364. The Morgan fingerprint density at radius 2 is 2.07 bits per heavy atom. The van der Waals surface area contributed by atoms with Gasteiger partial charge in [0, 0.05) is 22.9 Å². The Morgan fingerprint density at radius 3 is 2.67 bits per heavy atom. The number of ether oxygens (including phenoxy) is 1. The van der Waals surface area contributed by atoms with Gasteiger partial charge in [-0.25, -0.2) is 10.4 Å². The second kappa shape index (κ2) is 10.4. The van der Waals surface area contributed by atoms with E-state index in [2.05, 4.69) is 27.4 Å². The first-order valence-electron chi connectivity index (χ1n) is 9.84. The highest BCUT2D eigenvalue weighted by Crippen LogP contribution is 2.30. The molecule has 1 amide bonds. The van der Waals surface area contributed by atoms with Crippen molar-refractivity contribution in [3.05, 3.63) is 47.3 Å². The van der Waals surface area contributed by atoms with Crippen LogP contribution in [0, 0.1) is 0 Å². The van der Waals surface area contributed by atoms with E-state index in [0.29, 0.717) is 39.9 Å². The van der Waals surface area contributed by atoms with Gasteiger partial charge in [0.15, 0.2) is 0 Å². The van der Waals surface area contributed by atoms with Crippen molar-refractivity contribution in [2.45, 2.75) is 46.6 Å². The smallest absolute Gasteiger partial charge is 0.251 e. The van der Waals surface area contributed by atoms with E-state index in [1.54, 1.807) is 36.9 Å². The largest absolute Gasteiger partial charge is 0.494 e. The zero-order valence-electron chi connectivity index (χ0n) is 18.2. The van der Waals surface area contributed by atoms with Crippen LogP contribution in [0.1, 0.15) is 50.9 Å². The first-order valence-corrected chi connectivity index (χ1v) is 9.84. The molecule has 0 bridgehead atoms. The van der Waals surface area contributed by atoms with Gasteiger partial charge in [-0.3, -0.25) is 14.5 Å². The zero-order chi connectivity index (χ0) is 22.3. The molecule has 0 radical (unpaired) electrons. The molecule has 8 nitrogen and oxygen atoms in total. The number of rotatable bonds is 8. The van der Waals surface area contributed by atoms with Crippen molar-refractivity contribution in [3.8, 4) is 5.75 Å². The van der Waals surface area contributed by atoms with Gasteiger partial charge in [0.25, 0.3) is 5.91 Å². The van der Waals surface area contributed by atoms with Crippen molar-refractivity contribution < 1.29 is 14.3 Å². The van der Waals surface area contributed by atoms with Gasteiger partial charge in [-0.2, -0.15) is 5.10 Å². The Kier molecular flexibility index (Phi) is 7.91. The lowest BCUT2D eigenvalue weighted by atomic mass is 10.1. The summed E-state index contributed by atoms with van der Waals surface area (Å²) < 4.78 is 5.42. The van der Waals surface area contributed by atoms with E-state index >= 15 is 0 Å². The number of amides is 1. The molecule has 0 spiro atoms. The fourth-order valence-corrected chi connectivity index (χ4v) is 2.91. The molecule has 2 rings (SSSR count). The molecule has 0 aromatic heterocycles. The van der Waals surface area contributed by atoms with E-state index in [9.17, 15) is 9.59 Å². The summed E-state index contributed by atoms with van der Waals surface area (Å²) in [5.41, 5.74) is 5.50.